The number of piperazine rings is 1. The van der Waals surface area contributed by atoms with E-state index in [0.29, 0.717) is 0 Å². The van der Waals surface area contributed by atoms with Gasteiger partial charge in [0, 0.05) is 35.8 Å². The quantitative estimate of drug-likeness (QED) is 0.696. The van der Waals surface area contributed by atoms with Crippen LogP contribution in [0.1, 0.15) is 69.1 Å². The monoisotopic (exact) mass is 413 g/mol. The zero-order valence-corrected chi connectivity index (χ0v) is 17.8. The van der Waals surface area contributed by atoms with Crippen LogP contribution in [0.15, 0.2) is 18.2 Å². The summed E-state index contributed by atoms with van der Waals surface area (Å²) in [4.78, 5) is 12.9. The fourth-order valence-electron chi connectivity index (χ4n) is 2.64. The Labute approximate surface area is 191 Å². The summed E-state index contributed by atoms with van der Waals surface area (Å²) in [6, 6.07) is 3.33. The molecule has 0 N–H and O–H groups in total. The Morgan fingerprint density at radius 1 is 1.14 bits per heavy atom. The van der Waals surface area contributed by atoms with Gasteiger partial charge in [0.25, 0.3) is 0 Å². The molecule has 0 saturated carbocycles. The number of anilines is 1. The minimum absolute atomic E-state index is 0.0712. The van der Waals surface area contributed by atoms with Crippen LogP contribution in [0.25, 0.3) is 0 Å². The molecule has 0 bridgehead atoms. The molecule has 0 radical (unpaired) electrons. The first-order valence-corrected chi connectivity index (χ1v) is 9.36. The molecule has 1 aromatic carbocycles. The van der Waals surface area contributed by atoms with Crippen LogP contribution in [-0.2, 0) is 14.0 Å². The minimum atomic E-state index is -3.49. The minimum Gasteiger partial charge on any atom is -0.444 e. The maximum atomic E-state index is 12.9. The first-order chi connectivity index (χ1) is 17.5. The molecule has 7 heteroatoms. The molecule has 3 rings (SSSR count). The van der Waals surface area contributed by atoms with Gasteiger partial charge in [-0.1, -0.05) is 6.07 Å². The fraction of sp³-hybridized carbons (Fsp3) is 0.682. The molecule has 0 spiro atoms. The first kappa shape index (κ1) is 11.6. The normalized spacial score (nSPS) is 34.4. The summed E-state index contributed by atoms with van der Waals surface area (Å²) in [6.45, 7) is -5.25. The van der Waals surface area contributed by atoms with Crippen LogP contribution >= 0.6 is 0 Å². The Bertz CT molecular complexity index is 1140. The number of ether oxygens (including phenoxy) is 1. The molecule has 0 aromatic heterocycles. The Morgan fingerprint density at radius 3 is 2.24 bits per heavy atom. The number of carbonyl (C=O) groups excluding carboxylic acids is 1. The Morgan fingerprint density at radius 2 is 1.72 bits per heavy atom. The van der Waals surface area contributed by atoms with Crippen LogP contribution < -0.4 is 10.4 Å². The summed E-state index contributed by atoms with van der Waals surface area (Å²) in [7, 11) is -1.13. The third-order valence-electron chi connectivity index (χ3n) is 4.93. The SMILES string of the molecule is [2H]C([2H])([2H])c1cc(N2C([2H])([2H])C([2H])([2H])N(C(=O)OC(C)(C)C)C([2H])([2H])C2([2H])[2H])ccc1B1OC(C)(C)C(C)(C)O1. The number of aryl methyl sites for hydroxylation is 1. The van der Waals surface area contributed by atoms with Crippen molar-refractivity contribution in [2.45, 2.75) is 72.1 Å². The molecule has 2 aliphatic rings. The smallest absolute Gasteiger partial charge is 0.444 e. The highest BCUT2D eigenvalue weighted by Gasteiger charge is 2.52. The topological polar surface area (TPSA) is 51.2 Å². The van der Waals surface area contributed by atoms with Crippen LogP contribution in [0, 0.1) is 6.85 Å². The van der Waals surface area contributed by atoms with Gasteiger partial charge in [-0.2, -0.15) is 0 Å². The second-order valence-electron chi connectivity index (χ2n) is 8.96. The van der Waals surface area contributed by atoms with Gasteiger partial charge in [-0.3, -0.25) is 0 Å². The van der Waals surface area contributed by atoms with Crippen LogP contribution in [-0.4, -0.2) is 60.9 Å². The molecule has 0 aliphatic carbocycles. The Balaban J connectivity index is 2.21. The van der Waals surface area contributed by atoms with Gasteiger partial charge in [0.2, 0.25) is 0 Å². The van der Waals surface area contributed by atoms with Crippen LogP contribution in [0.2, 0.25) is 0 Å². The molecule has 2 aliphatic heterocycles. The first-order valence-electron chi connectivity index (χ1n) is 14.9. The van der Waals surface area contributed by atoms with Crippen LogP contribution in [0.4, 0.5) is 10.5 Å². The largest absolute Gasteiger partial charge is 0.495 e. The highest BCUT2D eigenvalue weighted by molar-refractivity contribution is 6.62. The van der Waals surface area contributed by atoms with E-state index in [1.807, 2.05) is 0 Å². The lowest BCUT2D eigenvalue weighted by Crippen LogP contribution is -2.50. The third kappa shape index (κ3) is 4.72. The van der Waals surface area contributed by atoms with E-state index < -0.39 is 68.5 Å². The number of amides is 1. The van der Waals surface area contributed by atoms with E-state index in [2.05, 4.69) is 0 Å². The Hall–Kier alpha value is -1.73. The third-order valence-corrected chi connectivity index (χ3v) is 4.93. The highest BCUT2D eigenvalue weighted by Crippen LogP contribution is 2.36. The molecule has 6 nitrogen and oxygen atoms in total. The van der Waals surface area contributed by atoms with E-state index in [0.717, 1.165) is 12.1 Å². The highest BCUT2D eigenvalue weighted by atomic mass is 16.7. The molecule has 1 aromatic rings. The van der Waals surface area contributed by atoms with Gasteiger partial charge in [-0.05, 0) is 78.5 Å². The van der Waals surface area contributed by atoms with Gasteiger partial charge in [0.05, 0.1) is 22.2 Å². The van der Waals surface area contributed by atoms with Crippen molar-refractivity contribution in [2.24, 2.45) is 0 Å². The summed E-state index contributed by atoms with van der Waals surface area (Å²) in [6.07, 6.45) is -1.60. The summed E-state index contributed by atoms with van der Waals surface area (Å²) >= 11 is 0. The number of carbonyl (C=O) groups is 1. The van der Waals surface area contributed by atoms with Crippen LogP contribution in [0.5, 0.6) is 0 Å². The molecule has 1 amide bonds. The number of nitrogens with zero attached hydrogens (tertiary/aromatic N) is 2. The van der Waals surface area contributed by atoms with E-state index in [1.165, 1.54) is 26.8 Å². The summed E-state index contributed by atoms with van der Waals surface area (Å²) in [5.41, 5.74) is -3.65. The van der Waals surface area contributed by atoms with Gasteiger partial charge in [-0.15, -0.1) is 0 Å². The second kappa shape index (κ2) is 7.51. The molecular formula is C22H35BN2O4. The predicted molar refractivity (Wildman–Crippen MR) is 117 cm³/mol. The van der Waals surface area contributed by atoms with Crippen molar-refractivity contribution in [3.63, 3.8) is 0 Å². The summed E-state index contributed by atoms with van der Waals surface area (Å²) in [5.74, 6) is 0. The van der Waals surface area contributed by atoms with Gasteiger partial charge >= 0.3 is 13.2 Å². The molecule has 2 fully saturated rings. The second-order valence-corrected chi connectivity index (χ2v) is 8.96. The number of hydrogen-bond donors (Lipinski definition) is 0. The van der Waals surface area contributed by atoms with Gasteiger partial charge in [0.1, 0.15) is 5.60 Å². The standard InChI is InChI=1S/C22H35BN2O4/c1-16-15-17(9-10-18(16)23-28-21(5,6)22(7,8)29-23)24-11-13-25(14-12-24)19(26)27-20(2,3)4/h9-10,15H,11-14H2,1-8H3/i1D3,11D2,12D2,13D2,14D2. The molecular weight excluding hydrogens is 367 g/mol. The van der Waals surface area contributed by atoms with E-state index in [4.69, 9.17) is 29.1 Å². The molecule has 2 saturated heterocycles. The molecule has 29 heavy (non-hydrogen) atoms. The van der Waals surface area contributed by atoms with Crippen molar-refractivity contribution < 1.29 is 33.9 Å². The molecule has 2 heterocycles. The van der Waals surface area contributed by atoms with Gasteiger partial charge in [-0.25, -0.2) is 4.79 Å². The van der Waals surface area contributed by atoms with E-state index in [9.17, 15) is 4.79 Å². The fourth-order valence-corrected chi connectivity index (χ4v) is 2.64. The van der Waals surface area contributed by atoms with E-state index in [-0.39, 0.29) is 20.8 Å². The lowest BCUT2D eigenvalue weighted by molar-refractivity contribution is 0.00578. The average molecular weight is 413 g/mol. The maximum Gasteiger partial charge on any atom is 0.495 e. The van der Waals surface area contributed by atoms with Crippen molar-refractivity contribution in [3.05, 3.63) is 23.8 Å². The molecule has 160 valence electrons. The van der Waals surface area contributed by atoms with Crippen molar-refractivity contribution in [1.29, 1.82) is 0 Å². The number of benzene rings is 1. The van der Waals surface area contributed by atoms with Crippen molar-refractivity contribution in [1.82, 2.24) is 4.90 Å². The zero-order chi connectivity index (χ0) is 31.3. The predicted octanol–water partition coefficient (Wildman–Crippen LogP) is 3.35. The lowest BCUT2D eigenvalue weighted by atomic mass is 9.76. The zero-order valence-electron chi connectivity index (χ0n) is 28.8. The molecule has 0 unspecified atom stereocenters. The number of hydrogen-bond acceptors (Lipinski definition) is 5. The van der Waals surface area contributed by atoms with Crippen molar-refractivity contribution in [3.8, 4) is 0 Å². The lowest BCUT2D eigenvalue weighted by Gasteiger charge is -2.37. The summed E-state index contributed by atoms with van der Waals surface area (Å²) in [5, 5.41) is 0. The summed E-state index contributed by atoms with van der Waals surface area (Å²) < 4.78 is 110. The van der Waals surface area contributed by atoms with E-state index >= 15 is 0 Å². The average Bonchev–Trinajstić information content (AvgIpc) is 2.91. The van der Waals surface area contributed by atoms with Gasteiger partial charge in [0.15, 0.2) is 0 Å². The van der Waals surface area contributed by atoms with Crippen LogP contribution in [0.3, 0.4) is 0 Å². The van der Waals surface area contributed by atoms with Crippen molar-refractivity contribution in [2.75, 3.05) is 30.9 Å². The Kier molecular flexibility index (Phi) is 3.01. The number of rotatable bonds is 2. The van der Waals surface area contributed by atoms with E-state index in [1.54, 1.807) is 27.7 Å². The molecule has 0 atom stereocenters. The van der Waals surface area contributed by atoms with Gasteiger partial charge < -0.3 is 23.8 Å². The van der Waals surface area contributed by atoms with Crippen molar-refractivity contribution >= 4 is 24.4 Å². The maximum absolute atomic E-state index is 12.9.